The summed E-state index contributed by atoms with van der Waals surface area (Å²) in [6.45, 7) is 4.52. The van der Waals surface area contributed by atoms with Crippen LogP contribution in [0.1, 0.15) is 43.7 Å². The Labute approximate surface area is 116 Å². The van der Waals surface area contributed by atoms with E-state index >= 15 is 0 Å². The Balaban J connectivity index is 2.08. The van der Waals surface area contributed by atoms with Crippen molar-refractivity contribution in [2.45, 2.75) is 51.5 Å². The molecule has 0 N–H and O–H groups in total. The molecule has 2 rings (SSSR count). The molecule has 1 fully saturated rings. The van der Waals surface area contributed by atoms with E-state index in [1.54, 1.807) is 0 Å². The lowest BCUT2D eigenvalue weighted by molar-refractivity contribution is 0.341. The van der Waals surface area contributed by atoms with Crippen molar-refractivity contribution in [2.75, 3.05) is 11.9 Å². The number of anilines is 1. The van der Waals surface area contributed by atoms with Crippen LogP contribution in [0.15, 0.2) is 18.2 Å². The standard InChI is InChI=1S/C16H24ClN/c1-12-4-7-15(8-5-12)18(3)16-9-6-14(11-17)13(2)10-16/h6,9-10,12,15H,4-5,7-8,11H2,1-3H3. The number of aryl methyl sites for hydroxylation is 1. The molecule has 0 aromatic heterocycles. The van der Waals surface area contributed by atoms with Crippen LogP contribution in [0.5, 0.6) is 0 Å². The summed E-state index contributed by atoms with van der Waals surface area (Å²) in [6.07, 6.45) is 5.39. The number of hydrogen-bond acceptors (Lipinski definition) is 1. The van der Waals surface area contributed by atoms with Crippen LogP contribution in [0.4, 0.5) is 5.69 Å². The minimum atomic E-state index is 0.608. The van der Waals surface area contributed by atoms with Gasteiger partial charge in [0.1, 0.15) is 0 Å². The first-order valence-corrected chi connectivity index (χ1v) is 7.53. The zero-order valence-electron chi connectivity index (χ0n) is 11.7. The number of benzene rings is 1. The van der Waals surface area contributed by atoms with Crippen LogP contribution < -0.4 is 4.90 Å². The maximum absolute atomic E-state index is 5.92. The van der Waals surface area contributed by atoms with Gasteiger partial charge in [-0.25, -0.2) is 0 Å². The van der Waals surface area contributed by atoms with Crippen LogP contribution >= 0.6 is 11.6 Å². The van der Waals surface area contributed by atoms with E-state index in [9.17, 15) is 0 Å². The van der Waals surface area contributed by atoms with Crippen molar-refractivity contribution in [3.05, 3.63) is 29.3 Å². The molecule has 0 radical (unpaired) electrons. The second-order valence-corrected chi connectivity index (χ2v) is 6.04. The number of hydrogen-bond donors (Lipinski definition) is 0. The van der Waals surface area contributed by atoms with Gasteiger partial charge in [-0.2, -0.15) is 0 Å². The minimum Gasteiger partial charge on any atom is -0.372 e. The van der Waals surface area contributed by atoms with Gasteiger partial charge >= 0.3 is 0 Å². The van der Waals surface area contributed by atoms with Gasteiger partial charge < -0.3 is 4.90 Å². The molecule has 18 heavy (non-hydrogen) atoms. The first-order valence-electron chi connectivity index (χ1n) is 7.00. The van der Waals surface area contributed by atoms with Gasteiger partial charge in [-0.1, -0.05) is 13.0 Å². The fourth-order valence-electron chi connectivity index (χ4n) is 2.89. The molecule has 0 bridgehead atoms. The smallest absolute Gasteiger partial charge is 0.0476 e. The van der Waals surface area contributed by atoms with Crippen molar-refractivity contribution in [1.82, 2.24) is 0 Å². The van der Waals surface area contributed by atoms with E-state index in [-0.39, 0.29) is 0 Å². The lowest BCUT2D eigenvalue weighted by Gasteiger charge is -2.35. The lowest BCUT2D eigenvalue weighted by Crippen LogP contribution is -2.34. The van der Waals surface area contributed by atoms with Crippen LogP contribution in [0.25, 0.3) is 0 Å². The maximum atomic E-state index is 5.92. The molecule has 0 aliphatic heterocycles. The Morgan fingerprint density at radius 2 is 1.89 bits per heavy atom. The summed E-state index contributed by atoms with van der Waals surface area (Å²) in [5, 5.41) is 0. The summed E-state index contributed by atoms with van der Waals surface area (Å²) in [4.78, 5) is 2.46. The first kappa shape index (κ1) is 13.7. The van der Waals surface area contributed by atoms with E-state index < -0.39 is 0 Å². The van der Waals surface area contributed by atoms with Gasteiger partial charge in [-0.05, 0) is 61.8 Å². The molecule has 1 aliphatic rings. The van der Waals surface area contributed by atoms with Gasteiger partial charge in [0, 0.05) is 24.7 Å². The van der Waals surface area contributed by atoms with Crippen molar-refractivity contribution in [2.24, 2.45) is 5.92 Å². The van der Waals surface area contributed by atoms with Crippen LogP contribution in [0, 0.1) is 12.8 Å². The summed E-state index contributed by atoms with van der Waals surface area (Å²) in [6, 6.07) is 7.36. The van der Waals surface area contributed by atoms with Crippen molar-refractivity contribution in [1.29, 1.82) is 0 Å². The van der Waals surface area contributed by atoms with E-state index in [2.05, 4.69) is 44.0 Å². The highest BCUT2D eigenvalue weighted by atomic mass is 35.5. The van der Waals surface area contributed by atoms with Gasteiger partial charge in [0.2, 0.25) is 0 Å². The summed E-state index contributed by atoms with van der Waals surface area (Å²) >= 11 is 5.92. The Morgan fingerprint density at radius 3 is 2.44 bits per heavy atom. The fraction of sp³-hybridized carbons (Fsp3) is 0.625. The van der Waals surface area contributed by atoms with E-state index in [0.717, 1.165) is 5.92 Å². The van der Waals surface area contributed by atoms with Crippen molar-refractivity contribution >= 4 is 17.3 Å². The number of nitrogens with zero attached hydrogens (tertiary/aromatic N) is 1. The summed E-state index contributed by atoms with van der Waals surface area (Å²) in [5.74, 6) is 1.52. The molecule has 1 aromatic rings. The summed E-state index contributed by atoms with van der Waals surface area (Å²) in [5.41, 5.74) is 3.88. The normalized spacial score (nSPS) is 24.0. The second-order valence-electron chi connectivity index (χ2n) is 5.77. The van der Waals surface area contributed by atoms with Gasteiger partial charge in [-0.15, -0.1) is 11.6 Å². The molecule has 2 heteroatoms. The Kier molecular flexibility index (Phi) is 4.55. The average Bonchev–Trinajstić information content (AvgIpc) is 2.38. The quantitative estimate of drug-likeness (QED) is 0.713. The molecule has 0 heterocycles. The van der Waals surface area contributed by atoms with Crippen LogP contribution in [0.3, 0.4) is 0 Å². The Hall–Kier alpha value is -0.690. The minimum absolute atomic E-state index is 0.608. The third-order valence-corrected chi connectivity index (χ3v) is 4.70. The van der Waals surface area contributed by atoms with E-state index in [1.807, 2.05) is 0 Å². The largest absolute Gasteiger partial charge is 0.372 e. The van der Waals surface area contributed by atoms with Gasteiger partial charge in [-0.3, -0.25) is 0 Å². The fourth-order valence-corrected chi connectivity index (χ4v) is 3.19. The van der Waals surface area contributed by atoms with Crippen LogP contribution in [-0.4, -0.2) is 13.1 Å². The second kappa shape index (κ2) is 5.97. The predicted octanol–water partition coefficient (Wildman–Crippen LogP) is 4.75. The van der Waals surface area contributed by atoms with E-state index in [0.29, 0.717) is 11.9 Å². The molecular weight excluding hydrogens is 242 g/mol. The molecule has 0 saturated heterocycles. The molecule has 1 saturated carbocycles. The van der Waals surface area contributed by atoms with Crippen molar-refractivity contribution < 1.29 is 0 Å². The molecule has 1 nitrogen and oxygen atoms in total. The molecule has 0 amide bonds. The zero-order chi connectivity index (χ0) is 13.1. The van der Waals surface area contributed by atoms with Gasteiger partial charge in [0.25, 0.3) is 0 Å². The number of rotatable bonds is 3. The van der Waals surface area contributed by atoms with E-state index in [1.165, 1.54) is 42.5 Å². The molecule has 1 aromatic carbocycles. The molecule has 100 valence electrons. The van der Waals surface area contributed by atoms with E-state index in [4.69, 9.17) is 11.6 Å². The van der Waals surface area contributed by atoms with Gasteiger partial charge in [0.15, 0.2) is 0 Å². The Bertz CT molecular complexity index is 394. The zero-order valence-corrected chi connectivity index (χ0v) is 12.5. The summed E-state index contributed by atoms with van der Waals surface area (Å²) < 4.78 is 0. The average molecular weight is 266 g/mol. The highest BCUT2D eigenvalue weighted by molar-refractivity contribution is 6.17. The third kappa shape index (κ3) is 3.00. The first-order chi connectivity index (χ1) is 8.61. The van der Waals surface area contributed by atoms with Crippen LogP contribution in [0.2, 0.25) is 0 Å². The number of alkyl halides is 1. The SMILES string of the molecule is Cc1cc(N(C)C2CCC(C)CC2)ccc1CCl. The number of halogens is 1. The van der Waals surface area contributed by atoms with Crippen LogP contribution in [-0.2, 0) is 5.88 Å². The Morgan fingerprint density at radius 1 is 1.22 bits per heavy atom. The highest BCUT2D eigenvalue weighted by Gasteiger charge is 2.22. The third-order valence-electron chi connectivity index (χ3n) is 4.41. The topological polar surface area (TPSA) is 3.24 Å². The monoisotopic (exact) mass is 265 g/mol. The molecular formula is C16H24ClN. The predicted molar refractivity (Wildman–Crippen MR) is 80.6 cm³/mol. The summed E-state index contributed by atoms with van der Waals surface area (Å²) in [7, 11) is 2.23. The lowest BCUT2D eigenvalue weighted by atomic mass is 9.86. The molecule has 1 aliphatic carbocycles. The molecule has 0 unspecified atom stereocenters. The molecule has 0 atom stereocenters. The van der Waals surface area contributed by atoms with Gasteiger partial charge in [0.05, 0.1) is 0 Å². The maximum Gasteiger partial charge on any atom is 0.0476 e. The molecule has 0 spiro atoms. The highest BCUT2D eigenvalue weighted by Crippen LogP contribution is 2.30. The van der Waals surface area contributed by atoms with Crippen molar-refractivity contribution in [3.8, 4) is 0 Å². The van der Waals surface area contributed by atoms with Crippen molar-refractivity contribution in [3.63, 3.8) is 0 Å².